The Labute approximate surface area is 382 Å². The van der Waals surface area contributed by atoms with Crippen molar-refractivity contribution in [2.75, 3.05) is 0 Å². The zero-order chi connectivity index (χ0) is 43.7. The monoisotopic (exact) mass is 842 g/mol. The van der Waals surface area contributed by atoms with Gasteiger partial charge in [-0.25, -0.2) is 0 Å². The van der Waals surface area contributed by atoms with Gasteiger partial charge in [-0.3, -0.25) is 0 Å². The molecular formula is C63H42N2O. The number of para-hydroxylation sites is 3. The van der Waals surface area contributed by atoms with Crippen molar-refractivity contribution in [3.63, 3.8) is 0 Å². The van der Waals surface area contributed by atoms with E-state index in [1.54, 1.807) is 0 Å². The average Bonchev–Trinajstić information content (AvgIpc) is 4.08. The Morgan fingerprint density at radius 3 is 1.47 bits per heavy atom. The molecule has 0 saturated heterocycles. The van der Waals surface area contributed by atoms with Crippen LogP contribution in [0, 0.1) is 0 Å². The Morgan fingerprint density at radius 1 is 0.333 bits per heavy atom. The van der Waals surface area contributed by atoms with E-state index < -0.39 is 0 Å². The molecule has 3 aromatic heterocycles. The van der Waals surface area contributed by atoms with Crippen LogP contribution in [0.1, 0.15) is 25.0 Å². The molecule has 0 saturated carbocycles. The van der Waals surface area contributed by atoms with Crippen molar-refractivity contribution in [2.24, 2.45) is 0 Å². The first-order chi connectivity index (χ1) is 32.5. The van der Waals surface area contributed by atoms with Crippen molar-refractivity contribution in [3.8, 4) is 55.9 Å². The fraction of sp³-hybridized carbons (Fsp3) is 0.0476. The Morgan fingerprint density at radius 2 is 0.848 bits per heavy atom. The Hall–Kier alpha value is -8.40. The minimum atomic E-state index is -0.243. The molecule has 1 aliphatic rings. The first-order valence-corrected chi connectivity index (χ1v) is 22.9. The average molecular weight is 843 g/mol. The van der Waals surface area contributed by atoms with E-state index in [1.165, 1.54) is 110 Å². The van der Waals surface area contributed by atoms with E-state index >= 15 is 0 Å². The zero-order valence-electron chi connectivity index (χ0n) is 36.6. The number of fused-ring (bicyclic) bond motifs is 13. The van der Waals surface area contributed by atoms with E-state index in [0.717, 1.165) is 22.5 Å². The molecule has 0 fully saturated rings. The molecule has 1 aliphatic carbocycles. The number of aromatic nitrogens is 2. The highest BCUT2D eigenvalue weighted by molar-refractivity contribution is 6.13. The van der Waals surface area contributed by atoms with Crippen molar-refractivity contribution in [2.45, 2.75) is 19.3 Å². The predicted molar refractivity (Wildman–Crippen MR) is 276 cm³/mol. The molecule has 13 aromatic rings. The van der Waals surface area contributed by atoms with Gasteiger partial charge < -0.3 is 13.6 Å². The zero-order valence-corrected chi connectivity index (χ0v) is 36.6. The maximum atomic E-state index is 6.40. The molecule has 0 atom stereocenters. The normalized spacial score (nSPS) is 13.1. The maximum absolute atomic E-state index is 6.40. The molecule has 310 valence electrons. The highest BCUT2D eigenvalue weighted by Gasteiger charge is 2.38. The summed E-state index contributed by atoms with van der Waals surface area (Å²) < 4.78 is 11.3. The summed E-state index contributed by atoms with van der Waals surface area (Å²) in [4.78, 5) is 0. The second kappa shape index (κ2) is 13.8. The molecule has 0 unspecified atom stereocenters. The predicted octanol–water partition coefficient (Wildman–Crippen LogP) is 17.1. The molecule has 3 heterocycles. The van der Waals surface area contributed by atoms with Gasteiger partial charge in [0.05, 0.1) is 22.1 Å². The highest BCUT2D eigenvalue weighted by atomic mass is 16.3. The van der Waals surface area contributed by atoms with Crippen LogP contribution < -0.4 is 0 Å². The first-order valence-electron chi connectivity index (χ1n) is 22.9. The molecule has 66 heavy (non-hydrogen) atoms. The molecule has 10 aromatic carbocycles. The number of hydrogen-bond donors (Lipinski definition) is 0. The number of benzene rings is 10. The van der Waals surface area contributed by atoms with Gasteiger partial charge in [0.1, 0.15) is 11.2 Å². The van der Waals surface area contributed by atoms with Crippen molar-refractivity contribution >= 4 is 65.6 Å². The fourth-order valence-electron chi connectivity index (χ4n) is 11.4. The number of rotatable bonds is 5. The minimum Gasteiger partial charge on any atom is -0.456 e. The lowest BCUT2D eigenvalue weighted by Crippen LogP contribution is -2.15. The van der Waals surface area contributed by atoms with Gasteiger partial charge in [0.2, 0.25) is 0 Å². The van der Waals surface area contributed by atoms with E-state index in [0.29, 0.717) is 0 Å². The van der Waals surface area contributed by atoms with Crippen molar-refractivity contribution in [3.05, 3.63) is 230 Å². The van der Waals surface area contributed by atoms with Gasteiger partial charge in [-0.15, -0.1) is 0 Å². The van der Waals surface area contributed by atoms with Gasteiger partial charge in [0.25, 0.3) is 0 Å². The van der Waals surface area contributed by atoms with E-state index in [-0.39, 0.29) is 5.41 Å². The second-order valence-electron chi connectivity index (χ2n) is 18.5. The van der Waals surface area contributed by atoms with Crippen LogP contribution in [0.4, 0.5) is 0 Å². The molecule has 0 spiro atoms. The molecular weight excluding hydrogens is 801 g/mol. The minimum absolute atomic E-state index is 0.243. The molecule has 0 radical (unpaired) electrons. The van der Waals surface area contributed by atoms with E-state index in [9.17, 15) is 0 Å². The van der Waals surface area contributed by atoms with Crippen LogP contribution in [0.3, 0.4) is 0 Å². The highest BCUT2D eigenvalue weighted by Crippen LogP contribution is 2.54. The third kappa shape index (κ3) is 5.31. The third-order valence-corrected chi connectivity index (χ3v) is 14.5. The van der Waals surface area contributed by atoms with Gasteiger partial charge in [-0.1, -0.05) is 166 Å². The molecule has 0 amide bonds. The quantitative estimate of drug-likeness (QED) is 0.169. The van der Waals surface area contributed by atoms with Crippen LogP contribution in [0.2, 0.25) is 0 Å². The van der Waals surface area contributed by atoms with Gasteiger partial charge in [-0.05, 0) is 122 Å². The van der Waals surface area contributed by atoms with Gasteiger partial charge in [0, 0.05) is 49.1 Å². The Kier molecular flexibility index (Phi) is 7.74. The van der Waals surface area contributed by atoms with Crippen LogP contribution in [0.5, 0.6) is 0 Å². The van der Waals surface area contributed by atoms with Crippen LogP contribution in [0.15, 0.2) is 223 Å². The van der Waals surface area contributed by atoms with Gasteiger partial charge in [-0.2, -0.15) is 0 Å². The molecule has 0 aliphatic heterocycles. The summed E-state index contributed by atoms with van der Waals surface area (Å²) in [7, 11) is 0. The Bertz CT molecular complexity index is 4070. The van der Waals surface area contributed by atoms with E-state index in [1.807, 2.05) is 0 Å². The van der Waals surface area contributed by atoms with Crippen LogP contribution in [-0.4, -0.2) is 9.13 Å². The lowest BCUT2D eigenvalue weighted by molar-refractivity contribution is 0.656. The first kappa shape index (κ1) is 37.0. The van der Waals surface area contributed by atoms with Crippen molar-refractivity contribution in [1.82, 2.24) is 9.13 Å². The maximum Gasteiger partial charge on any atom is 0.135 e. The van der Waals surface area contributed by atoms with E-state index in [2.05, 4.69) is 241 Å². The SMILES string of the molecule is CC1(C)c2cc(-n3c4ccccc4c4ccc(-c5ccc6c7ccccc7n(-c7cc(-c8ccccc8)cc(-c8ccccc8)c7)c6c5)cc43)ccc2-c2ccc3oc4ccccc4c3c21. The van der Waals surface area contributed by atoms with E-state index in [4.69, 9.17) is 4.42 Å². The van der Waals surface area contributed by atoms with Crippen LogP contribution in [-0.2, 0) is 5.41 Å². The number of hydrogen-bond acceptors (Lipinski definition) is 1. The molecule has 0 N–H and O–H groups in total. The summed E-state index contributed by atoms with van der Waals surface area (Å²) >= 11 is 0. The smallest absolute Gasteiger partial charge is 0.135 e. The standard InChI is InChI=1S/C63H42N2O/c1-63(2)54-38-45(27-30-47(54)52-31-32-60-61(62(52)63)53-21-11-14-24-59(53)66-60)64-55-22-12-9-19-48(55)50-28-25-41(36-57(50)64)42-26-29-51-49-20-10-13-23-56(49)65(58(51)37-42)46-34-43(39-15-5-3-6-16-39)33-44(35-46)40-17-7-4-8-18-40/h3-38H,1-2H3. The second-order valence-corrected chi connectivity index (χ2v) is 18.5. The summed E-state index contributed by atoms with van der Waals surface area (Å²) in [5.74, 6) is 0. The number of nitrogens with zero attached hydrogens (tertiary/aromatic N) is 2. The summed E-state index contributed by atoms with van der Waals surface area (Å²) in [5, 5.41) is 7.37. The molecule has 3 nitrogen and oxygen atoms in total. The van der Waals surface area contributed by atoms with Gasteiger partial charge >= 0.3 is 0 Å². The van der Waals surface area contributed by atoms with Crippen LogP contribution >= 0.6 is 0 Å². The number of furan rings is 1. The molecule has 3 heteroatoms. The van der Waals surface area contributed by atoms with Crippen molar-refractivity contribution in [1.29, 1.82) is 0 Å². The molecule has 0 bridgehead atoms. The van der Waals surface area contributed by atoms with Crippen LogP contribution in [0.25, 0.3) is 121 Å². The lowest BCUT2D eigenvalue weighted by Gasteiger charge is -2.23. The van der Waals surface area contributed by atoms with Crippen molar-refractivity contribution < 1.29 is 4.42 Å². The summed E-state index contributed by atoms with van der Waals surface area (Å²) in [5.41, 5.74) is 21.1. The topological polar surface area (TPSA) is 23.0 Å². The summed E-state index contributed by atoms with van der Waals surface area (Å²) in [6, 6.07) is 80.2. The summed E-state index contributed by atoms with van der Waals surface area (Å²) in [6.07, 6.45) is 0. The largest absolute Gasteiger partial charge is 0.456 e. The van der Waals surface area contributed by atoms with Gasteiger partial charge in [0.15, 0.2) is 0 Å². The fourth-order valence-corrected chi connectivity index (χ4v) is 11.4. The Balaban J connectivity index is 0.951. The third-order valence-electron chi connectivity index (χ3n) is 14.5. The molecule has 14 rings (SSSR count). The lowest BCUT2D eigenvalue weighted by atomic mass is 9.80. The summed E-state index contributed by atoms with van der Waals surface area (Å²) in [6.45, 7) is 4.75.